The van der Waals surface area contributed by atoms with E-state index >= 15 is 0 Å². The summed E-state index contributed by atoms with van der Waals surface area (Å²) >= 11 is 0. The van der Waals surface area contributed by atoms with Crippen LogP contribution in [-0.4, -0.2) is 46.9 Å². The average Bonchev–Trinajstić information content (AvgIpc) is 3.32. The second-order valence-electron chi connectivity index (χ2n) is 7.52. The molecule has 4 rings (SSSR count). The number of hydrogen-bond acceptors (Lipinski definition) is 8. The second-order valence-corrected chi connectivity index (χ2v) is 9.46. The van der Waals surface area contributed by atoms with Crippen LogP contribution in [0.1, 0.15) is 37.1 Å². The van der Waals surface area contributed by atoms with Gasteiger partial charge in [-0.05, 0) is 49.1 Å². The van der Waals surface area contributed by atoms with Crippen molar-refractivity contribution in [3.05, 3.63) is 60.2 Å². The third kappa shape index (κ3) is 5.38. The van der Waals surface area contributed by atoms with Crippen LogP contribution in [0.4, 0.5) is 0 Å². The topological polar surface area (TPSA) is 115 Å². The molecule has 3 aromatic rings. The standard InChI is InChI=1S/C22H24N4O5S/c27-21(30-16-20-24-22(25-31-20)18-5-4-12-23-15-18)11-8-17-6-9-19(10-7-17)32(28,29)26-13-2-1-3-14-26/h4-7,9-10,12,15H,1-3,8,11,13-14,16H2. The molecular weight excluding hydrogens is 432 g/mol. The monoisotopic (exact) mass is 456 g/mol. The first kappa shape index (κ1) is 22.1. The summed E-state index contributed by atoms with van der Waals surface area (Å²) < 4.78 is 37.3. The number of carbonyl (C=O) groups excluding carboxylic acids is 1. The van der Waals surface area contributed by atoms with Gasteiger partial charge in [-0.25, -0.2) is 8.42 Å². The third-order valence-electron chi connectivity index (χ3n) is 5.24. The first-order valence-electron chi connectivity index (χ1n) is 10.5. The van der Waals surface area contributed by atoms with Crippen molar-refractivity contribution >= 4 is 16.0 Å². The van der Waals surface area contributed by atoms with Crippen molar-refractivity contribution in [2.75, 3.05) is 13.1 Å². The van der Waals surface area contributed by atoms with Crippen molar-refractivity contribution in [1.82, 2.24) is 19.4 Å². The van der Waals surface area contributed by atoms with Gasteiger partial charge in [-0.3, -0.25) is 9.78 Å². The maximum Gasteiger partial charge on any atom is 0.306 e. The van der Waals surface area contributed by atoms with Crippen LogP contribution in [-0.2, 0) is 32.6 Å². The molecule has 1 aliphatic heterocycles. The van der Waals surface area contributed by atoms with Gasteiger partial charge in [0.2, 0.25) is 15.8 Å². The van der Waals surface area contributed by atoms with E-state index in [1.165, 1.54) is 0 Å². The number of ether oxygens (including phenoxy) is 1. The number of rotatable bonds is 8. The van der Waals surface area contributed by atoms with Gasteiger partial charge in [0.05, 0.1) is 4.90 Å². The summed E-state index contributed by atoms with van der Waals surface area (Å²) in [5.41, 5.74) is 1.57. The zero-order valence-corrected chi connectivity index (χ0v) is 18.3. The molecule has 0 spiro atoms. The van der Waals surface area contributed by atoms with Crippen LogP contribution < -0.4 is 0 Å². The maximum atomic E-state index is 12.7. The second kappa shape index (κ2) is 10.0. The molecule has 9 nitrogen and oxygen atoms in total. The fourth-order valence-corrected chi connectivity index (χ4v) is 4.99. The Kier molecular flexibility index (Phi) is 6.91. The molecule has 0 radical (unpaired) electrons. The Morgan fingerprint density at radius 1 is 1.09 bits per heavy atom. The van der Waals surface area contributed by atoms with Crippen molar-refractivity contribution in [1.29, 1.82) is 0 Å². The molecule has 10 heteroatoms. The van der Waals surface area contributed by atoms with Crippen LogP contribution in [0.5, 0.6) is 0 Å². The molecule has 3 heterocycles. The zero-order valence-electron chi connectivity index (χ0n) is 17.5. The number of hydrogen-bond donors (Lipinski definition) is 0. The van der Waals surface area contributed by atoms with E-state index in [0.717, 1.165) is 24.8 Å². The number of carbonyl (C=O) groups is 1. The highest BCUT2D eigenvalue weighted by molar-refractivity contribution is 7.89. The SMILES string of the molecule is O=C(CCc1ccc(S(=O)(=O)N2CCCCC2)cc1)OCc1nc(-c2cccnc2)no1. The third-order valence-corrected chi connectivity index (χ3v) is 7.15. The quantitative estimate of drug-likeness (QED) is 0.475. The van der Waals surface area contributed by atoms with Crippen LogP contribution in [0.25, 0.3) is 11.4 Å². The van der Waals surface area contributed by atoms with Gasteiger partial charge in [-0.1, -0.05) is 23.7 Å². The van der Waals surface area contributed by atoms with Crippen molar-refractivity contribution in [2.24, 2.45) is 0 Å². The number of nitrogens with zero attached hydrogens (tertiary/aromatic N) is 4. The highest BCUT2D eigenvalue weighted by Crippen LogP contribution is 2.21. The first-order chi connectivity index (χ1) is 15.5. The molecule has 1 fully saturated rings. The van der Waals surface area contributed by atoms with E-state index in [2.05, 4.69) is 15.1 Å². The number of aromatic nitrogens is 3. The van der Waals surface area contributed by atoms with Gasteiger partial charge >= 0.3 is 5.97 Å². The number of piperidine rings is 1. The van der Waals surface area contributed by atoms with Crippen LogP contribution in [0.3, 0.4) is 0 Å². The highest BCUT2D eigenvalue weighted by Gasteiger charge is 2.25. The average molecular weight is 457 g/mol. The van der Waals surface area contributed by atoms with Crippen LogP contribution >= 0.6 is 0 Å². The van der Waals surface area contributed by atoms with Crippen LogP contribution in [0, 0.1) is 0 Å². The number of benzene rings is 1. The van der Waals surface area contributed by atoms with E-state index in [0.29, 0.717) is 30.9 Å². The Bertz CT molecular complexity index is 1140. The molecule has 168 valence electrons. The summed E-state index contributed by atoms with van der Waals surface area (Å²) in [5, 5.41) is 3.85. The number of sulfonamides is 1. The fraction of sp³-hybridized carbons (Fsp3) is 0.364. The van der Waals surface area contributed by atoms with Crippen molar-refractivity contribution in [3.63, 3.8) is 0 Å². The summed E-state index contributed by atoms with van der Waals surface area (Å²) in [6, 6.07) is 10.2. The Balaban J connectivity index is 1.26. The smallest absolute Gasteiger partial charge is 0.306 e. The first-order valence-corrected chi connectivity index (χ1v) is 11.9. The van der Waals surface area contributed by atoms with E-state index < -0.39 is 16.0 Å². The van der Waals surface area contributed by atoms with Gasteiger partial charge in [-0.2, -0.15) is 9.29 Å². The van der Waals surface area contributed by atoms with E-state index in [9.17, 15) is 13.2 Å². The largest absolute Gasteiger partial charge is 0.456 e. The highest BCUT2D eigenvalue weighted by atomic mass is 32.2. The predicted octanol–water partition coefficient (Wildman–Crippen LogP) is 2.98. The molecule has 1 aliphatic rings. The van der Waals surface area contributed by atoms with Gasteiger partial charge in [0, 0.05) is 37.5 Å². The number of pyridine rings is 1. The van der Waals surface area contributed by atoms with Gasteiger partial charge < -0.3 is 9.26 Å². The number of esters is 1. The minimum atomic E-state index is -3.45. The van der Waals surface area contributed by atoms with Crippen LogP contribution in [0.2, 0.25) is 0 Å². The van der Waals surface area contributed by atoms with Crippen molar-refractivity contribution in [2.45, 2.75) is 43.6 Å². The van der Waals surface area contributed by atoms with Crippen molar-refractivity contribution < 1.29 is 22.5 Å². The lowest BCUT2D eigenvalue weighted by molar-refractivity contribution is -0.145. The summed E-state index contributed by atoms with van der Waals surface area (Å²) in [6.07, 6.45) is 6.72. The summed E-state index contributed by atoms with van der Waals surface area (Å²) in [5.74, 6) is 0.171. The molecule has 0 unspecified atom stereocenters. The number of aryl methyl sites for hydroxylation is 1. The zero-order chi connectivity index (χ0) is 22.4. The molecular formula is C22H24N4O5S. The molecule has 0 aliphatic carbocycles. The summed E-state index contributed by atoms with van der Waals surface area (Å²) in [4.78, 5) is 20.5. The lowest BCUT2D eigenvalue weighted by atomic mass is 10.1. The van der Waals surface area contributed by atoms with E-state index in [1.807, 2.05) is 0 Å². The van der Waals surface area contributed by atoms with E-state index in [-0.39, 0.29) is 23.8 Å². The molecule has 0 bridgehead atoms. The molecule has 2 aromatic heterocycles. The van der Waals surface area contributed by atoms with Gasteiger partial charge in [0.1, 0.15) is 0 Å². The molecule has 32 heavy (non-hydrogen) atoms. The fourth-order valence-electron chi connectivity index (χ4n) is 3.47. The molecule has 1 aromatic carbocycles. The van der Waals surface area contributed by atoms with E-state index in [1.54, 1.807) is 53.1 Å². The predicted molar refractivity (Wildman–Crippen MR) is 115 cm³/mol. The Morgan fingerprint density at radius 3 is 2.59 bits per heavy atom. The molecule has 1 saturated heterocycles. The Labute approximate surface area is 186 Å². The normalized spacial score (nSPS) is 14.9. The van der Waals surface area contributed by atoms with Gasteiger partial charge in [0.25, 0.3) is 5.89 Å². The minimum absolute atomic E-state index is 0.112. The Hall–Kier alpha value is -3.11. The summed E-state index contributed by atoms with van der Waals surface area (Å²) in [7, 11) is -3.45. The van der Waals surface area contributed by atoms with Crippen LogP contribution in [0.15, 0.2) is 58.2 Å². The minimum Gasteiger partial charge on any atom is -0.456 e. The maximum absolute atomic E-state index is 12.7. The lowest BCUT2D eigenvalue weighted by Crippen LogP contribution is -2.35. The lowest BCUT2D eigenvalue weighted by Gasteiger charge is -2.25. The Morgan fingerprint density at radius 2 is 1.88 bits per heavy atom. The van der Waals surface area contributed by atoms with Gasteiger partial charge in [0.15, 0.2) is 6.61 Å². The molecule has 0 atom stereocenters. The van der Waals surface area contributed by atoms with Gasteiger partial charge in [-0.15, -0.1) is 0 Å². The molecule has 0 N–H and O–H groups in total. The molecule has 0 amide bonds. The summed E-state index contributed by atoms with van der Waals surface area (Å²) in [6.45, 7) is 1.03. The van der Waals surface area contributed by atoms with E-state index in [4.69, 9.17) is 9.26 Å². The van der Waals surface area contributed by atoms with Crippen molar-refractivity contribution in [3.8, 4) is 11.4 Å². The molecule has 0 saturated carbocycles.